The Kier molecular flexibility index (Phi) is 7.88. The van der Waals surface area contributed by atoms with Gasteiger partial charge in [0, 0.05) is 37.9 Å². The summed E-state index contributed by atoms with van der Waals surface area (Å²) < 4.78 is 37.1. The molecule has 0 atom stereocenters. The average Bonchev–Trinajstić information content (AvgIpc) is 3.21. The zero-order valence-corrected chi connectivity index (χ0v) is 23.4. The monoisotopic (exact) mass is 527 g/mol. The van der Waals surface area contributed by atoms with E-state index >= 15 is 4.39 Å². The molecule has 2 aliphatic rings. The minimum atomic E-state index is -0.650. The average molecular weight is 528 g/mol. The fourth-order valence-electron chi connectivity index (χ4n) is 5.34. The third-order valence-corrected chi connectivity index (χ3v) is 7.46. The first-order valence-electron chi connectivity index (χ1n) is 12.8. The minimum Gasteiger partial charge on any atom is -0.494 e. The zero-order valence-electron chi connectivity index (χ0n) is 23.4. The summed E-state index contributed by atoms with van der Waals surface area (Å²) in [6.07, 6.45) is 2.01. The Balaban J connectivity index is 1.66. The van der Waals surface area contributed by atoms with Gasteiger partial charge in [0.1, 0.15) is 11.6 Å². The molecule has 1 N–H and O–H groups in total. The maximum atomic E-state index is 15.2. The SMILES string of the molecule is COc1cc2c(c(F)c1OC)C(=N)N(CC(=O)c1cc(N3CCC(OC)CC3)c(OC)c(C(C)(C)C)c1)C2. The van der Waals surface area contributed by atoms with Crippen molar-refractivity contribution in [2.24, 2.45) is 0 Å². The van der Waals surface area contributed by atoms with Crippen molar-refractivity contribution in [3.05, 3.63) is 46.3 Å². The minimum absolute atomic E-state index is 0.0433. The van der Waals surface area contributed by atoms with Gasteiger partial charge in [-0.15, -0.1) is 0 Å². The smallest absolute Gasteiger partial charge is 0.197 e. The van der Waals surface area contributed by atoms with Gasteiger partial charge >= 0.3 is 0 Å². The summed E-state index contributed by atoms with van der Waals surface area (Å²) in [5.74, 6) is 0.143. The van der Waals surface area contributed by atoms with Crippen LogP contribution in [-0.4, -0.2) is 70.7 Å². The second kappa shape index (κ2) is 10.8. The Morgan fingerprint density at radius 3 is 2.24 bits per heavy atom. The number of anilines is 1. The Labute approximate surface area is 224 Å². The van der Waals surface area contributed by atoms with E-state index in [-0.39, 0.29) is 53.3 Å². The largest absolute Gasteiger partial charge is 0.494 e. The molecule has 4 rings (SSSR count). The fraction of sp³-hybridized carbons (Fsp3) is 0.517. The number of hydrogen-bond acceptors (Lipinski definition) is 7. The molecule has 0 radical (unpaired) electrons. The molecule has 9 heteroatoms. The van der Waals surface area contributed by atoms with Crippen LogP contribution in [0.4, 0.5) is 10.1 Å². The molecule has 0 unspecified atom stereocenters. The van der Waals surface area contributed by atoms with E-state index in [2.05, 4.69) is 25.7 Å². The zero-order chi connectivity index (χ0) is 27.8. The molecule has 38 heavy (non-hydrogen) atoms. The number of methoxy groups -OCH3 is 4. The predicted octanol–water partition coefficient (Wildman–Crippen LogP) is 4.79. The van der Waals surface area contributed by atoms with Crippen LogP contribution in [0.2, 0.25) is 0 Å². The van der Waals surface area contributed by atoms with Crippen molar-refractivity contribution in [3.63, 3.8) is 0 Å². The van der Waals surface area contributed by atoms with E-state index < -0.39 is 5.82 Å². The van der Waals surface area contributed by atoms with Crippen molar-refractivity contribution in [2.45, 2.75) is 51.7 Å². The highest BCUT2D eigenvalue weighted by molar-refractivity contribution is 6.06. The van der Waals surface area contributed by atoms with Gasteiger partial charge in [-0.05, 0) is 42.0 Å². The van der Waals surface area contributed by atoms with Crippen LogP contribution in [0.3, 0.4) is 0 Å². The van der Waals surface area contributed by atoms with Gasteiger partial charge in [0.2, 0.25) is 0 Å². The molecule has 0 aromatic heterocycles. The maximum Gasteiger partial charge on any atom is 0.197 e. The number of hydrogen-bond donors (Lipinski definition) is 1. The number of benzene rings is 2. The lowest BCUT2D eigenvalue weighted by atomic mass is 9.84. The summed E-state index contributed by atoms with van der Waals surface area (Å²) in [6.45, 7) is 8.05. The second-order valence-corrected chi connectivity index (χ2v) is 10.8. The van der Waals surface area contributed by atoms with E-state index in [1.54, 1.807) is 25.2 Å². The maximum absolute atomic E-state index is 15.2. The molecule has 2 aromatic rings. The van der Waals surface area contributed by atoms with Crippen LogP contribution in [0, 0.1) is 11.2 Å². The van der Waals surface area contributed by atoms with Crippen molar-refractivity contribution in [3.8, 4) is 17.2 Å². The first-order valence-corrected chi connectivity index (χ1v) is 12.8. The van der Waals surface area contributed by atoms with Gasteiger partial charge in [-0.2, -0.15) is 0 Å². The molecule has 0 amide bonds. The van der Waals surface area contributed by atoms with Gasteiger partial charge < -0.3 is 28.7 Å². The Morgan fingerprint density at radius 1 is 1.03 bits per heavy atom. The summed E-state index contributed by atoms with van der Waals surface area (Å²) >= 11 is 0. The topological polar surface area (TPSA) is 84.3 Å². The van der Waals surface area contributed by atoms with Crippen LogP contribution in [0.1, 0.15) is 60.7 Å². The van der Waals surface area contributed by atoms with Gasteiger partial charge in [0.25, 0.3) is 0 Å². The molecule has 1 fully saturated rings. The number of ether oxygens (including phenoxy) is 4. The number of fused-ring (bicyclic) bond motifs is 1. The molecule has 2 heterocycles. The number of carbonyl (C=O) groups is 1. The van der Waals surface area contributed by atoms with Crippen LogP contribution in [0.15, 0.2) is 18.2 Å². The molecule has 2 aromatic carbocycles. The first-order chi connectivity index (χ1) is 18.0. The van der Waals surface area contributed by atoms with Crippen molar-refractivity contribution in [1.82, 2.24) is 4.90 Å². The van der Waals surface area contributed by atoms with Gasteiger partial charge in [-0.1, -0.05) is 20.8 Å². The highest BCUT2D eigenvalue weighted by Crippen LogP contribution is 2.42. The lowest BCUT2D eigenvalue weighted by Crippen LogP contribution is -2.37. The summed E-state index contributed by atoms with van der Waals surface area (Å²) in [4.78, 5) is 17.5. The molecule has 1 saturated heterocycles. The van der Waals surface area contributed by atoms with Crippen LogP contribution < -0.4 is 19.1 Å². The Hall–Kier alpha value is -3.33. The van der Waals surface area contributed by atoms with Crippen LogP contribution in [0.5, 0.6) is 17.2 Å². The van der Waals surface area contributed by atoms with Crippen molar-refractivity contribution < 1.29 is 28.1 Å². The molecule has 8 nitrogen and oxygen atoms in total. The Bertz CT molecular complexity index is 1230. The molecular weight excluding hydrogens is 489 g/mol. The number of ketones is 1. The summed E-state index contributed by atoms with van der Waals surface area (Å²) in [5, 5.41) is 8.63. The van der Waals surface area contributed by atoms with E-state index in [1.807, 2.05) is 12.1 Å². The number of amidine groups is 1. The number of rotatable bonds is 8. The van der Waals surface area contributed by atoms with Gasteiger partial charge in [0.15, 0.2) is 23.1 Å². The number of nitrogens with one attached hydrogen (secondary N) is 1. The van der Waals surface area contributed by atoms with Gasteiger partial charge in [-0.25, -0.2) is 4.39 Å². The molecular formula is C29H38FN3O5. The number of piperidine rings is 1. The summed E-state index contributed by atoms with van der Waals surface area (Å²) in [6, 6.07) is 5.46. The van der Waals surface area contributed by atoms with Crippen LogP contribution in [0.25, 0.3) is 0 Å². The van der Waals surface area contributed by atoms with E-state index in [9.17, 15) is 4.79 Å². The predicted molar refractivity (Wildman–Crippen MR) is 145 cm³/mol. The normalized spacial score (nSPS) is 16.1. The summed E-state index contributed by atoms with van der Waals surface area (Å²) in [7, 11) is 6.21. The molecule has 0 bridgehead atoms. The molecule has 0 aliphatic carbocycles. The van der Waals surface area contributed by atoms with Crippen molar-refractivity contribution in [1.29, 1.82) is 5.41 Å². The molecule has 2 aliphatic heterocycles. The number of halogens is 1. The van der Waals surface area contributed by atoms with E-state index in [0.717, 1.165) is 42.9 Å². The van der Waals surface area contributed by atoms with E-state index in [4.69, 9.17) is 24.4 Å². The fourth-order valence-corrected chi connectivity index (χ4v) is 5.34. The standard InChI is InChI=1S/C29H38FN3O5/c1-29(2,3)20-12-17(13-21(26(20)37-6)32-10-8-19(35-4)9-11-32)22(34)16-33-15-18-14-23(36-5)27(38-7)25(30)24(18)28(33)31/h12-14,19,31H,8-11,15-16H2,1-7H3. The van der Waals surface area contributed by atoms with Gasteiger partial charge in [0.05, 0.1) is 45.2 Å². The first kappa shape index (κ1) is 27.7. The summed E-state index contributed by atoms with van der Waals surface area (Å²) in [5.41, 5.74) is 2.83. The van der Waals surface area contributed by atoms with Gasteiger partial charge in [-0.3, -0.25) is 10.2 Å². The Morgan fingerprint density at radius 2 is 1.68 bits per heavy atom. The third-order valence-electron chi connectivity index (χ3n) is 7.46. The highest BCUT2D eigenvalue weighted by atomic mass is 19.1. The molecule has 0 saturated carbocycles. The molecule has 0 spiro atoms. The van der Waals surface area contributed by atoms with Crippen LogP contribution in [-0.2, 0) is 16.7 Å². The number of Topliss-reactive ketones (excluding diaryl/α,β-unsaturated/α-hetero) is 1. The number of nitrogens with zero attached hydrogens (tertiary/aromatic N) is 2. The molecule has 206 valence electrons. The quantitative estimate of drug-likeness (QED) is 0.494. The van der Waals surface area contributed by atoms with Crippen molar-refractivity contribution >= 4 is 17.3 Å². The van der Waals surface area contributed by atoms with E-state index in [0.29, 0.717) is 11.1 Å². The lowest BCUT2D eigenvalue weighted by molar-refractivity contribution is 0.0818. The number of carbonyl (C=O) groups excluding carboxylic acids is 1. The lowest BCUT2D eigenvalue weighted by Gasteiger charge is -2.35. The van der Waals surface area contributed by atoms with Crippen LogP contribution >= 0.6 is 0 Å². The second-order valence-electron chi connectivity index (χ2n) is 10.8. The van der Waals surface area contributed by atoms with Crippen molar-refractivity contribution in [2.75, 3.05) is 53.0 Å². The third kappa shape index (κ3) is 5.04. The highest BCUT2D eigenvalue weighted by Gasteiger charge is 2.34. The van der Waals surface area contributed by atoms with E-state index in [1.165, 1.54) is 14.2 Å².